The van der Waals surface area contributed by atoms with Gasteiger partial charge < -0.3 is 38.9 Å². The summed E-state index contributed by atoms with van der Waals surface area (Å²) in [4.78, 5) is 24.2. The second-order valence-corrected chi connectivity index (χ2v) is 7.74. The van der Waals surface area contributed by atoms with E-state index in [-0.39, 0.29) is 49.1 Å². The minimum Gasteiger partial charge on any atom is -0.756 e. The third-order valence-electron chi connectivity index (χ3n) is 5.08. The number of benzene rings is 1. The molecule has 26 heavy (non-hydrogen) atoms. The van der Waals surface area contributed by atoms with Crippen LogP contribution in [0.5, 0.6) is 17.2 Å². The molecule has 1 aromatic carbocycles. The molecule has 0 bridgehead atoms. The minimum absolute atomic E-state index is 0. The first-order chi connectivity index (χ1) is 11.9. The molecule has 0 aromatic heterocycles. The quantitative estimate of drug-likeness (QED) is 0.307. The molecule has 1 unspecified atom stereocenters. The van der Waals surface area contributed by atoms with Gasteiger partial charge in [0.15, 0.2) is 11.5 Å². The molecule has 1 saturated heterocycles. The fraction of sp³-hybridized carbons (Fsp3) is 0.500. The number of aromatic hydroxyl groups is 1. The van der Waals surface area contributed by atoms with Crippen LogP contribution in [0, 0.1) is 0 Å². The summed E-state index contributed by atoms with van der Waals surface area (Å²) < 4.78 is 31.9. The number of carbonyl (C=O) groups excluding carboxylic acids is 1. The van der Waals surface area contributed by atoms with Crippen molar-refractivity contribution in [2.24, 2.45) is 0 Å². The van der Waals surface area contributed by atoms with Crippen molar-refractivity contribution in [3.05, 3.63) is 17.2 Å². The molecule has 3 aliphatic heterocycles. The zero-order valence-electron chi connectivity index (χ0n) is 13.6. The van der Waals surface area contributed by atoms with Gasteiger partial charge in [-0.3, -0.25) is 9.36 Å². The molecule has 1 aliphatic carbocycles. The molecular formula is C14H13LiNO9P. The van der Waals surface area contributed by atoms with Gasteiger partial charge in [-0.1, -0.05) is 0 Å². The Balaban J connectivity index is 0.00000168. The van der Waals surface area contributed by atoms with Gasteiger partial charge in [0.2, 0.25) is 12.5 Å². The van der Waals surface area contributed by atoms with Gasteiger partial charge in [0.1, 0.15) is 12.2 Å². The van der Waals surface area contributed by atoms with E-state index in [4.69, 9.17) is 18.5 Å². The summed E-state index contributed by atoms with van der Waals surface area (Å²) in [7, 11) is -4.53. The number of aliphatic hydroxyl groups excluding tert-OH is 1. The molecule has 134 valence electrons. The number of rotatable bonds is 0. The van der Waals surface area contributed by atoms with Crippen molar-refractivity contribution in [2.45, 2.75) is 36.7 Å². The monoisotopic (exact) mass is 377 g/mol. The van der Waals surface area contributed by atoms with Gasteiger partial charge in [0.25, 0.3) is 13.7 Å². The number of aliphatic hydroxyl groups is 1. The van der Waals surface area contributed by atoms with Crippen LogP contribution in [-0.2, 0) is 13.6 Å². The van der Waals surface area contributed by atoms with Crippen molar-refractivity contribution < 1.29 is 61.8 Å². The van der Waals surface area contributed by atoms with Gasteiger partial charge in [-0.05, 0) is 18.1 Å². The number of ether oxygens (including phenoxy) is 2. The van der Waals surface area contributed by atoms with E-state index in [1.165, 1.54) is 0 Å². The van der Waals surface area contributed by atoms with Crippen molar-refractivity contribution in [1.82, 2.24) is 5.32 Å². The van der Waals surface area contributed by atoms with Crippen LogP contribution in [-0.4, -0.2) is 47.3 Å². The molecule has 1 amide bonds. The van der Waals surface area contributed by atoms with Crippen molar-refractivity contribution >= 4 is 13.7 Å². The second-order valence-electron chi connectivity index (χ2n) is 6.42. The van der Waals surface area contributed by atoms with Crippen LogP contribution in [0.2, 0.25) is 0 Å². The van der Waals surface area contributed by atoms with E-state index in [1.54, 1.807) is 6.07 Å². The molecule has 3 N–H and O–H groups in total. The van der Waals surface area contributed by atoms with E-state index in [2.05, 4.69) is 5.32 Å². The number of hydrogen-bond acceptors (Lipinski definition) is 9. The zero-order chi connectivity index (χ0) is 17.5. The van der Waals surface area contributed by atoms with E-state index >= 15 is 0 Å². The van der Waals surface area contributed by atoms with Crippen LogP contribution in [0.4, 0.5) is 0 Å². The number of nitrogens with one attached hydrogen (secondary N) is 1. The minimum atomic E-state index is -4.53. The van der Waals surface area contributed by atoms with Crippen LogP contribution in [0.25, 0.3) is 0 Å². The summed E-state index contributed by atoms with van der Waals surface area (Å²) in [6, 6.07) is 0.853. The first-order valence-corrected chi connectivity index (χ1v) is 9.14. The number of phosphoric ester groups is 1. The molecular weight excluding hydrogens is 364 g/mol. The Bertz CT molecular complexity index is 848. The van der Waals surface area contributed by atoms with Crippen LogP contribution in [0.3, 0.4) is 0 Å². The summed E-state index contributed by atoms with van der Waals surface area (Å²) in [6.07, 6.45) is -3.09. The predicted molar refractivity (Wildman–Crippen MR) is 76.2 cm³/mol. The molecule has 1 aromatic rings. The third kappa shape index (κ3) is 2.42. The van der Waals surface area contributed by atoms with E-state index in [1.807, 2.05) is 0 Å². The number of phosphoric acid groups is 1. The Kier molecular flexibility index (Phi) is 4.10. The van der Waals surface area contributed by atoms with Crippen LogP contribution >= 0.6 is 7.82 Å². The average Bonchev–Trinajstić information content (AvgIpc) is 3.12. The summed E-state index contributed by atoms with van der Waals surface area (Å²) in [5.74, 6) is -1.02. The Morgan fingerprint density at radius 2 is 2.00 bits per heavy atom. The van der Waals surface area contributed by atoms with Gasteiger partial charge in [-0.25, -0.2) is 0 Å². The molecule has 4 aliphatic rings. The largest absolute Gasteiger partial charge is 1.00 e. The Morgan fingerprint density at radius 1 is 1.27 bits per heavy atom. The van der Waals surface area contributed by atoms with E-state index < -0.39 is 44.0 Å². The molecule has 5 rings (SSSR count). The number of phenols is 1. The molecule has 3 heterocycles. The van der Waals surface area contributed by atoms with Crippen LogP contribution in [0.15, 0.2) is 6.07 Å². The number of carbonyl (C=O) groups is 1. The SMILES string of the molecule is O=C1N[C@H]2[C@@H]3OP(=O)([O-])O[C@@H]3[C@@H](O)C[C@@H]2c2cc3c(c(O)c21)OCO3.[Li+]. The van der Waals surface area contributed by atoms with Gasteiger partial charge in [-0.2, -0.15) is 0 Å². The third-order valence-corrected chi connectivity index (χ3v) is 6.08. The standard InChI is InChI=1S/C14H14NO9P.Li/c16-6-1-5-4-2-7-12(22-3-21-7)10(17)8(4)14(18)15-9(5)13-11(6)23-25(19,20)24-13;/h2,5-6,9,11,13,16-17H,1,3H2,(H,15,18)(H,19,20);/q;+1/p-1/t5-,6+,9-,11-,13+;/m1./s1. The normalized spacial score (nSPS) is 39.3. The number of hydrogen-bond donors (Lipinski definition) is 3. The Labute approximate surface area is 159 Å². The van der Waals surface area contributed by atoms with Crippen LogP contribution in [0.1, 0.15) is 28.3 Å². The van der Waals surface area contributed by atoms with E-state index in [0.717, 1.165) is 0 Å². The predicted octanol–water partition coefficient (Wildman–Crippen LogP) is -3.66. The van der Waals surface area contributed by atoms with Crippen molar-refractivity contribution in [2.75, 3.05) is 6.79 Å². The maximum absolute atomic E-state index is 12.5. The Hall–Kier alpha value is -1.24. The van der Waals surface area contributed by atoms with Crippen molar-refractivity contribution in [3.63, 3.8) is 0 Å². The number of fused-ring (bicyclic) bond motifs is 6. The molecule has 0 spiro atoms. The van der Waals surface area contributed by atoms with Crippen LogP contribution < -0.4 is 38.5 Å². The van der Waals surface area contributed by atoms with Crippen molar-refractivity contribution in [3.8, 4) is 17.2 Å². The summed E-state index contributed by atoms with van der Waals surface area (Å²) in [5.41, 5.74) is 0.476. The van der Waals surface area contributed by atoms with Gasteiger partial charge in [-0.15, -0.1) is 0 Å². The van der Waals surface area contributed by atoms with Crippen molar-refractivity contribution in [1.29, 1.82) is 0 Å². The average molecular weight is 377 g/mol. The van der Waals surface area contributed by atoms with Gasteiger partial charge >= 0.3 is 18.9 Å². The summed E-state index contributed by atoms with van der Waals surface area (Å²) >= 11 is 0. The van der Waals surface area contributed by atoms with E-state index in [0.29, 0.717) is 11.3 Å². The maximum atomic E-state index is 12.5. The fourth-order valence-corrected chi connectivity index (χ4v) is 5.23. The second kappa shape index (κ2) is 5.88. The maximum Gasteiger partial charge on any atom is 1.00 e. The number of amides is 1. The Morgan fingerprint density at radius 3 is 2.77 bits per heavy atom. The first-order valence-electron chi connectivity index (χ1n) is 7.68. The topological polar surface area (TPSA) is 147 Å². The molecule has 10 nitrogen and oxygen atoms in total. The van der Waals surface area contributed by atoms with E-state index in [9.17, 15) is 24.5 Å². The molecule has 0 radical (unpaired) electrons. The molecule has 1 saturated carbocycles. The van der Waals surface area contributed by atoms with Gasteiger partial charge in [0, 0.05) is 5.92 Å². The summed E-state index contributed by atoms with van der Waals surface area (Å²) in [5, 5.41) is 23.3. The fourth-order valence-electron chi connectivity index (χ4n) is 4.07. The molecule has 12 heteroatoms. The smallest absolute Gasteiger partial charge is 0.756 e. The summed E-state index contributed by atoms with van der Waals surface area (Å²) in [6.45, 7) is -0.0782. The number of phenolic OH excluding ortho intramolecular Hbond substituents is 1. The first kappa shape index (κ1) is 18.1. The molecule has 6 atom stereocenters. The van der Waals surface area contributed by atoms with Gasteiger partial charge in [0.05, 0.1) is 17.7 Å². The molecule has 2 fully saturated rings. The zero-order valence-corrected chi connectivity index (χ0v) is 14.5.